The molecule has 0 radical (unpaired) electrons. The first-order valence-corrected chi connectivity index (χ1v) is 9.12. The number of aromatic nitrogens is 2. The van der Waals surface area contributed by atoms with E-state index in [0.717, 1.165) is 25.8 Å². The largest absolute Gasteiger partial charge is 0.343 e. The van der Waals surface area contributed by atoms with Gasteiger partial charge in [-0.25, -0.2) is 0 Å². The van der Waals surface area contributed by atoms with E-state index in [-0.39, 0.29) is 23.7 Å². The highest BCUT2D eigenvalue weighted by Crippen LogP contribution is 2.28. The average Bonchev–Trinajstić information content (AvgIpc) is 3.39. The lowest BCUT2D eigenvalue weighted by atomic mass is 9.95. The van der Waals surface area contributed by atoms with E-state index in [9.17, 15) is 9.59 Å². The summed E-state index contributed by atoms with van der Waals surface area (Å²) in [7, 11) is 0. The second-order valence-electron chi connectivity index (χ2n) is 6.99. The van der Waals surface area contributed by atoms with Gasteiger partial charge >= 0.3 is 0 Å². The van der Waals surface area contributed by atoms with Crippen LogP contribution in [0.4, 0.5) is 0 Å². The van der Waals surface area contributed by atoms with Crippen LogP contribution in [0, 0.1) is 5.92 Å². The lowest BCUT2D eigenvalue weighted by Crippen LogP contribution is -2.43. The van der Waals surface area contributed by atoms with Crippen LogP contribution in [0.3, 0.4) is 0 Å². The van der Waals surface area contributed by atoms with Crippen molar-refractivity contribution in [2.45, 2.75) is 25.2 Å². The number of hydrogen-bond donors (Lipinski definition) is 0. The molecule has 2 aromatic rings. The molecule has 2 aliphatic heterocycles. The summed E-state index contributed by atoms with van der Waals surface area (Å²) < 4.78 is 4.81. The van der Waals surface area contributed by atoms with Crippen LogP contribution in [0.5, 0.6) is 0 Å². The van der Waals surface area contributed by atoms with Crippen LogP contribution in [-0.2, 0) is 4.79 Å². The van der Waals surface area contributed by atoms with Gasteiger partial charge in [-0.1, -0.05) is 23.4 Å². The molecule has 4 rings (SSSR count). The second-order valence-corrected chi connectivity index (χ2v) is 6.99. The molecule has 26 heavy (non-hydrogen) atoms. The highest BCUT2D eigenvalue weighted by atomic mass is 16.5. The zero-order valence-corrected chi connectivity index (χ0v) is 14.6. The quantitative estimate of drug-likeness (QED) is 0.841. The van der Waals surface area contributed by atoms with Crippen LogP contribution in [0.25, 0.3) is 0 Å². The number of rotatable bonds is 3. The molecule has 1 aromatic heterocycles. The van der Waals surface area contributed by atoms with E-state index in [2.05, 4.69) is 10.1 Å². The van der Waals surface area contributed by atoms with Crippen molar-refractivity contribution in [3.05, 3.63) is 48.1 Å². The highest BCUT2D eigenvalue weighted by Gasteiger charge is 2.35. The van der Waals surface area contributed by atoms with Crippen molar-refractivity contribution in [2.24, 2.45) is 5.92 Å². The van der Waals surface area contributed by atoms with Crippen molar-refractivity contribution in [2.75, 3.05) is 26.2 Å². The molecule has 0 unspecified atom stereocenters. The third-order valence-electron chi connectivity index (χ3n) is 5.40. The van der Waals surface area contributed by atoms with Crippen LogP contribution in [0.1, 0.15) is 41.4 Å². The SMILES string of the molecule is O=C(c1ccccc1)N1CCC(C(=O)N2CC[C@@H](c3ncon3)C2)CC1. The Morgan fingerprint density at radius 2 is 1.73 bits per heavy atom. The number of piperidine rings is 1. The van der Waals surface area contributed by atoms with E-state index in [4.69, 9.17) is 4.52 Å². The maximum absolute atomic E-state index is 12.8. The highest BCUT2D eigenvalue weighted by molar-refractivity contribution is 5.94. The summed E-state index contributed by atoms with van der Waals surface area (Å²) in [5, 5.41) is 3.89. The maximum atomic E-state index is 12.8. The van der Waals surface area contributed by atoms with Crippen molar-refractivity contribution in [1.82, 2.24) is 19.9 Å². The third-order valence-corrected chi connectivity index (χ3v) is 5.40. The van der Waals surface area contributed by atoms with Gasteiger partial charge in [0, 0.05) is 43.6 Å². The molecule has 2 aliphatic rings. The van der Waals surface area contributed by atoms with Crippen LogP contribution in [-0.4, -0.2) is 57.9 Å². The number of carbonyl (C=O) groups is 2. The van der Waals surface area contributed by atoms with Gasteiger partial charge in [0.1, 0.15) is 0 Å². The van der Waals surface area contributed by atoms with Gasteiger partial charge < -0.3 is 14.3 Å². The Bertz CT molecular complexity index is 754. The molecule has 3 heterocycles. The summed E-state index contributed by atoms with van der Waals surface area (Å²) in [6.45, 7) is 2.65. The van der Waals surface area contributed by atoms with Crippen LogP contribution in [0.15, 0.2) is 41.2 Å². The number of nitrogens with zero attached hydrogens (tertiary/aromatic N) is 4. The monoisotopic (exact) mass is 354 g/mol. The predicted molar refractivity (Wildman–Crippen MR) is 93.3 cm³/mol. The summed E-state index contributed by atoms with van der Waals surface area (Å²) in [4.78, 5) is 33.2. The van der Waals surface area contributed by atoms with Crippen molar-refractivity contribution >= 4 is 11.8 Å². The van der Waals surface area contributed by atoms with Gasteiger partial charge in [0.05, 0.1) is 0 Å². The van der Waals surface area contributed by atoms with Gasteiger partial charge in [-0.05, 0) is 31.4 Å². The van der Waals surface area contributed by atoms with E-state index in [1.807, 2.05) is 40.1 Å². The second kappa shape index (κ2) is 7.27. The molecule has 0 N–H and O–H groups in total. The van der Waals surface area contributed by atoms with Gasteiger partial charge in [0.2, 0.25) is 12.3 Å². The molecule has 0 spiro atoms. The van der Waals surface area contributed by atoms with E-state index in [1.165, 1.54) is 6.39 Å². The van der Waals surface area contributed by atoms with E-state index in [0.29, 0.717) is 31.0 Å². The van der Waals surface area contributed by atoms with E-state index >= 15 is 0 Å². The van der Waals surface area contributed by atoms with Crippen LogP contribution >= 0.6 is 0 Å². The van der Waals surface area contributed by atoms with Crippen molar-refractivity contribution in [1.29, 1.82) is 0 Å². The van der Waals surface area contributed by atoms with Crippen molar-refractivity contribution in [3.63, 3.8) is 0 Å². The maximum Gasteiger partial charge on any atom is 0.253 e. The number of carbonyl (C=O) groups excluding carboxylic acids is 2. The number of hydrogen-bond acceptors (Lipinski definition) is 5. The van der Waals surface area contributed by atoms with Gasteiger partial charge in [-0.2, -0.15) is 4.98 Å². The molecule has 1 aromatic carbocycles. The molecule has 136 valence electrons. The molecular weight excluding hydrogens is 332 g/mol. The first-order chi connectivity index (χ1) is 12.7. The molecule has 0 bridgehead atoms. The molecule has 2 fully saturated rings. The first-order valence-electron chi connectivity index (χ1n) is 9.12. The van der Waals surface area contributed by atoms with Crippen molar-refractivity contribution in [3.8, 4) is 0 Å². The fraction of sp³-hybridized carbons (Fsp3) is 0.474. The van der Waals surface area contributed by atoms with E-state index < -0.39 is 0 Å². The molecule has 0 saturated carbocycles. The minimum absolute atomic E-state index is 0.00107. The first kappa shape index (κ1) is 16.8. The minimum Gasteiger partial charge on any atom is -0.343 e. The Labute approximate surface area is 152 Å². The average molecular weight is 354 g/mol. The number of likely N-dealkylation sites (tertiary alicyclic amines) is 2. The fourth-order valence-electron chi connectivity index (χ4n) is 3.88. The lowest BCUT2D eigenvalue weighted by Gasteiger charge is -2.33. The summed E-state index contributed by atoms with van der Waals surface area (Å²) in [5.74, 6) is 1.09. The van der Waals surface area contributed by atoms with Crippen LogP contribution < -0.4 is 0 Å². The van der Waals surface area contributed by atoms with E-state index in [1.54, 1.807) is 0 Å². The fourth-order valence-corrected chi connectivity index (χ4v) is 3.88. The zero-order valence-electron chi connectivity index (χ0n) is 14.6. The molecule has 7 nitrogen and oxygen atoms in total. The van der Waals surface area contributed by atoms with Gasteiger partial charge in [0.15, 0.2) is 5.82 Å². The standard InChI is InChI=1S/C19H22N4O3/c24-18(14-4-2-1-3-5-14)22-9-6-15(7-10-22)19(25)23-11-8-16(12-23)17-20-13-26-21-17/h1-5,13,15-16H,6-12H2/t16-/m1/s1. The Morgan fingerprint density at radius 1 is 1.00 bits per heavy atom. The van der Waals surface area contributed by atoms with Gasteiger partial charge in [0.25, 0.3) is 5.91 Å². The smallest absolute Gasteiger partial charge is 0.253 e. The Morgan fingerprint density at radius 3 is 2.42 bits per heavy atom. The Kier molecular flexibility index (Phi) is 4.69. The number of amides is 2. The lowest BCUT2D eigenvalue weighted by molar-refractivity contribution is -0.135. The summed E-state index contributed by atoms with van der Waals surface area (Å²) >= 11 is 0. The molecular formula is C19H22N4O3. The molecule has 7 heteroatoms. The summed E-state index contributed by atoms with van der Waals surface area (Å²) in [6, 6.07) is 9.32. The predicted octanol–water partition coefficient (Wildman–Crippen LogP) is 1.94. The number of benzene rings is 1. The normalized spacial score (nSPS) is 21.2. The minimum atomic E-state index is -0.00107. The van der Waals surface area contributed by atoms with Gasteiger partial charge in [-0.3, -0.25) is 9.59 Å². The zero-order chi connectivity index (χ0) is 17.9. The third kappa shape index (κ3) is 3.34. The molecule has 2 saturated heterocycles. The molecule has 2 amide bonds. The summed E-state index contributed by atoms with van der Waals surface area (Å²) in [6.07, 6.45) is 3.65. The molecule has 0 aliphatic carbocycles. The topological polar surface area (TPSA) is 79.5 Å². The summed E-state index contributed by atoms with van der Waals surface area (Å²) in [5.41, 5.74) is 0.708. The van der Waals surface area contributed by atoms with Crippen molar-refractivity contribution < 1.29 is 14.1 Å². The molecule has 1 atom stereocenters. The van der Waals surface area contributed by atoms with Crippen LogP contribution in [0.2, 0.25) is 0 Å². The Hall–Kier alpha value is -2.70. The van der Waals surface area contributed by atoms with Gasteiger partial charge in [-0.15, -0.1) is 0 Å². The Balaban J connectivity index is 1.31.